The highest BCUT2D eigenvalue weighted by Crippen LogP contribution is 2.39. The predicted octanol–water partition coefficient (Wildman–Crippen LogP) is 3.55. The van der Waals surface area contributed by atoms with Gasteiger partial charge in [0.05, 0.1) is 26.3 Å². The van der Waals surface area contributed by atoms with Crippen molar-refractivity contribution in [2.24, 2.45) is 0 Å². The Morgan fingerprint density at radius 2 is 1.92 bits per heavy atom. The molecule has 0 radical (unpaired) electrons. The van der Waals surface area contributed by atoms with Gasteiger partial charge in [-0.15, -0.1) is 11.3 Å². The minimum atomic E-state index is 0.542. The first-order chi connectivity index (χ1) is 11.7. The largest absolute Gasteiger partial charge is 0.493 e. The molecule has 0 amide bonds. The topological polar surface area (TPSA) is 43.8 Å². The second kappa shape index (κ2) is 7.85. The molecule has 0 bridgehead atoms. The van der Waals surface area contributed by atoms with E-state index < -0.39 is 0 Å². The van der Waals surface area contributed by atoms with E-state index in [2.05, 4.69) is 15.3 Å². The van der Waals surface area contributed by atoms with Gasteiger partial charge in [-0.05, 0) is 37.1 Å². The van der Waals surface area contributed by atoms with E-state index in [1.54, 1.807) is 32.7 Å². The maximum absolute atomic E-state index is 5.46. The van der Waals surface area contributed by atoms with Crippen LogP contribution >= 0.6 is 11.3 Å². The van der Waals surface area contributed by atoms with Crippen LogP contribution in [0.15, 0.2) is 23.7 Å². The van der Waals surface area contributed by atoms with Crippen molar-refractivity contribution in [2.75, 3.05) is 34.4 Å². The molecule has 0 unspecified atom stereocenters. The zero-order valence-electron chi connectivity index (χ0n) is 14.4. The Labute approximate surface area is 147 Å². The number of piperidine rings is 1. The molecular weight excluding hydrogens is 324 g/mol. The minimum Gasteiger partial charge on any atom is -0.493 e. The summed E-state index contributed by atoms with van der Waals surface area (Å²) in [5.74, 6) is 2.60. The molecule has 6 heteroatoms. The number of benzene rings is 1. The molecule has 1 atom stereocenters. The number of hydrogen-bond donors (Lipinski definition) is 0. The third kappa shape index (κ3) is 3.65. The van der Waals surface area contributed by atoms with Gasteiger partial charge in [-0.3, -0.25) is 4.90 Å². The van der Waals surface area contributed by atoms with Crippen molar-refractivity contribution in [1.82, 2.24) is 9.88 Å². The molecule has 3 rings (SSSR count). The zero-order chi connectivity index (χ0) is 16.9. The summed E-state index contributed by atoms with van der Waals surface area (Å²) in [5.41, 5.74) is 1.17. The summed E-state index contributed by atoms with van der Waals surface area (Å²) < 4.78 is 16.3. The van der Waals surface area contributed by atoms with Gasteiger partial charge in [-0.25, -0.2) is 4.98 Å². The van der Waals surface area contributed by atoms with Gasteiger partial charge in [0.2, 0.25) is 5.75 Å². The average Bonchev–Trinajstić information content (AvgIpc) is 3.15. The van der Waals surface area contributed by atoms with Gasteiger partial charge in [0.25, 0.3) is 0 Å². The van der Waals surface area contributed by atoms with Crippen LogP contribution in [0.2, 0.25) is 0 Å². The molecule has 24 heavy (non-hydrogen) atoms. The standard InChI is InChI=1S/C18H24N2O3S/c1-21-15-9-13(10-16(22-2)17(15)23-3)11-20-7-4-5-14(12-20)18-19-6-8-24-18/h6,8-10,14H,4-5,7,11-12H2,1-3H3/t14-/m1/s1. The number of thiazole rings is 1. The van der Waals surface area contributed by atoms with E-state index in [0.717, 1.165) is 19.6 Å². The van der Waals surface area contributed by atoms with Gasteiger partial charge in [0.1, 0.15) is 0 Å². The van der Waals surface area contributed by atoms with Crippen LogP contribution in [0.3, 0.4) is 0 Å². The second-order valence-electron chi connectivity index (χ2n) is 5.98. The van der Waals surface area contributed by atoms with Crippen molar-refractivity contribution in [3.63, 3.8) is 0 Å². The third-order valence-corrected chi connectivity index (χ3v) is 5.37. The molecule has 1 saturated heterocycles. The van der Waals surface area contributed by atoms with Crippen LogP contribution in [-0.4, -0.2) is 44.3 Å². The van der Waals surface area contributed by atoms with Gasteiger partial charge < -0.3 is 14.2 Å². The molecule has 1 aliphatic heterocycles. The Bertz CT molecular complexity index is 635. The summed E-state index contributed by atoms with van der Waals surface area (Å²) in [6.45, 7) is 3.03. The van der Waals surface area contributed by atoms with Crippen molar-refractivity contribution in [1.29, 1.82) is 0 Å². The van der Waals surface area contributed by atoms with E-state index in [9.17, 15) is 0 Å². The monoisotopic (exact) mass is 348 g/mol. The van der Waals surface area contributed by atoms with Crippen LogP contribution in [-0.2, 0) is 6.54 Å². The zero-order valence-corrected chi connectivity index (χ0v) is 15.3. The number of likely N-dealkylation sites (tertiary alicyclic amines) is 1. The Balaban J connectivity index is 1.75. The van der Waals surface area contributed by atoms with Crippen LogP contribution in [0.1, 0.15) is 29.3 Å². The molecule has 1 aliphatic rings. The lowest BCUT2D eigenvalue weighted by atomic mass is 9.98. The highest BCUT2D eigenvalue weighted by Gasteiger charge is 2.24. The molecule has 2 aromatic rings. The molecule has 130 valence electrons. The Hall–Kier alpha value is -1.79. The lowest BCUT2D eigenvalue weighted by Crippen LogP contribution is -2.33. The molecule has 1 aromatic carbocycles. The first kappa shape index (κ1) is 17.0. The number of nitrogens with zero attached hydrogens (tertiary/aromatic N) is 2. The average molecular weight is 348 g/mol. The number of methoxy groups -OCH3 is 3. The Morgan fingerprint density at radius 1 is 1.17 bits per heavy atom. The van der Waals surface area contributed by atoms with Gasteiger partial charge in [-0.2, -0.15) is 0 Å². The summed E-state index contributed by atoms with van der Waals surface area (Å²) in [5, 5.41) is 3.32. The number of hydrogen-bond acceptors (Lipinski definition) is 6. The Kier molecular flexibility index (Phi) is 5.58. The second-order valence-corrected chi connectivity index (χ2v) is 6.90. The maximum atomic E-state index is 5.46. The van der Waals surface area contributed by atoms with Crippen LogP contribution in [0, 0.1) is 0 Å². The van der Waals surface area contributed by atoms with Crippen molar-refractivity contribution >= 4 is 11.3 Å². The highest BCUT2D eigenvalue weighted by atomic mass is 32.1. The van der Waals surface area contributed by atoms with E-state index in [-0.39, 0.29) is 0 Å². The number of aromatic nitrogens is 1. The fourth-order valence-electron chi connectivity index (χ4n) is 3.32. The minimum absolute atomic E-state index is 0.542. The number of ether oxygens (including phenoxy) is 3. The first-order valence-corrected chi connectivity index (χ1v) is 9.03. The van der Waals surface area contributed by atoms with Crippen molar-refractivity contribution in [3.05, 3.63) is 34.3 Å². The fourth-order valence-corrected chi connectivity index (χ4v) is 4.09. The van der Waals surface area contributed by atoms with Gasteiger partial charge in [-0.1, -0.05) is 0 Å². The molecule has 5 nitrogen and oxygen atoms in total. The van der Waals surface area contributed by atoms with Gasteiger partial charge in [0.15, 0.2) is 11.5 Å². The quantitative estimate of drug-likeness (QED) is 0.799. The van der Waals surface area contributed by atoms with E-state index >= 15 is 0 Å². The summed E-state index contributed by atoms with van der Waals surface area (Å²) in [4.78, 5) is 6.98. The van der Waals surface area contributed by atoms with Gasteiger partial charge >= 0.3 is 0 Å². The molecule has 1 aromatic heterocycles. The predicted molar refractivity (Wildman–Crippen MR) is 95.5 cm³/mol. The molecule has 2 heterocycles. The van der Waals surface area contributed by atoms with E-state index in [1.165, 1.54) is 23.4 Å². The van der Waals surface area contributed by atoms with Crippen LogP contribution in [0.5, 0.6) is 17.2 Å². The summed E-state index contributed by atoms with van der Waals surface area (Å²) in [7, 11) is 4.93. The Morgan fingerprint density at radius 3 is 2.50 bits per heavy atom. The summed E-state index contributed by atoms with van der Waals surface area (Å²) in [6.07, 6.45) is 4.33. The van der Waals surface area contributed by atoms with Crippen LogP contribution in [0.25, 0.3) is 0 Å². The molecule has 1 fully saturated rings. The summed E-state index contributed by atoms with van der Waals surface area (Å²) in [6, 6.07) is 4.07. The van der Waals surface area contributed by atoms with Crippen molar-refractivity contribution < 1.29 is 14.2 Å². The molecule has 0 aliphatic carbocycles. The third-order valence-electron chi connectivity index (χ3n) is 4.44. The molecular formula is C18H24N2O3S. The number of rotatable bonds is 6. The highest BCUT2D eigenvalue weighted by molar-refractivity contribution is 7.09. The van der Waals surface area contributed by atoms with Crippen molar-refractivity contribution in [2.45, 2.75) is 25.3 Å². The lowest BCUT2D eigenvalue weighted by molar-refractivity contribution is 0.199. The normalized spacial score (nSPS) is 18.4. The fraction of sp³-hybridized carbons (Fsp3) is 0.500. The van der Waals surface area contributed by atoms with Crippen LogP contribution in [0.4, 0.5) is 0 Å². The first-order valence-electron chi connectivity index (χ1n) is 8.15. The molecule has 0 N–H and O–H groups in total. The smallest absolute Gasteiger partial charge is 0.203 e. The van der Waals surface area contributed by atoms with Gasteiger partial charge in [0, 0.05) is 30.6 Å². The molecule has 0 spiro atoms. The van der Waals surface area contributed by atoms with Crippen molar-refractivity contribution in [3.8, 4) is 17.2 Å². The summed E-state index contributed by atoms with van der Waals surface area (Å²) >= 11 is 1.76. The maximum Gasteiger partial charge on any atom is 0.203 e. The molecule has 0 saturated carbocycles. The van der Waals surface area contributed by atoms with Crippen LogP contribution < -0.4 is 14.2 Å². The van der Waals surface area contributed by atoms with E-state index in [4.69, 9.17) is 14.2 Å². The van der Waals surface area contributed by atoms with E-state index in [1.807, 2.05) is 18.3 Å². The SMILES string of the molecule is COc1cc(CN2CCC[C@@H](c3nccs3)C2)cc(OC)c1OC. The van der Waals surface area contributed by atoms with E-state index in [0.29, 0.717) is 23.2 Å². The lowest BCUT2D eigenvalue weighted by Gasteiger charge is -2.32.